The van der Waals surface area contributed by atoms with E-state index in [0.29, 0.717) is 23.5 Å². The van der Waals surface area contributed by atoms with Crippen molar-refractivity contribution in [2.75, 3.05) is 25.4 Å². The highest BCUT2D eigenvalue weighted by Crippen LogP contribution is 2.24. The van der Waals surface area contributed by atoms with E-state index < -0.39 is 5.97 Å². The molecule has 1 aliphatic heterocycles. The second-order valence-corrected chi connectivity index (χ2v) is 10.0. The number of hydrogen-bond acceptors (Lipinski definition) is 6. The van der Waals surface area contributed by atoms with Crippen molar-refractivity contribution in [1.82, 2.24) is 10.2 Å². The molecule has 1 saturated heterocycles. The van der Waals surface area contributed by atoms with Crippen LogP contribution in [0.3, 0.4) is 0 Å². The van der Waals surface area contributed by atoms with Gasteiger partial charge in [0.25, 0.3) is 5.91 Å². The predicted octanol–water partition coefficient (Wildman–Crippen LogP) is 3.80. The molecule has 2 atom stereocenters. The number of thioether (sulfide) groups is 1. The van der Waals surface area contributed by atoms with E-state index in [1.807, 2.05) is 19.9 Å². The van der Waals surface area contributed by atoms with Gasteiger partial charge >= 0.3 is 5.97 Å². The lowest BCUT2D eigenvalue weighted by Gasteiger charge is -2.35. The summed E-state index contributed by atoms with van der Waals surface area (Å²) in [5, 5.41) is 3.15. The number of nitrogens with zero attached hydrogens (tertiary/aromatic N) is 1. The van der Waals surface area contributed by atoms with Crippen molar-refractivity contribution in [3.63, 3.8) is 0 Å². The minimum atomic E-state index is -0.554. The first-order chi connectivity index (χ1) is 15.9. The van der Waals surface area contributed by atoms with Gasteiger partial charge in [0, 0.05) is 24.0 Å². The molecule has 182 valence electrons. The average molecular weight is 477 g/mol. The normalized spacial score (nSPS) is 22.2. The number of carbonyl (C=O) groups is 3. The maximum absolute atomic E-state index is 12.7. The van der Waals surface area contributed by atoms with E-state index >= 15 is 0 Å². The molecule has 1 aromatic rings. The predicted molar refractivity (Wildman–Crippen MR) is 128 cm³/mol. The Morgan fingerprint density at radius 1 is 1.03 bits per heavy atom. The van der Waals surface area contributed by atoms with Crippen molar-refractivity contribution < 1.29 is 23.9 Å². The summed E-state index contributed by atoms with van der Waals surface area (Å²) in [6.45, 7) is 4.51. The second-order valence-electron chi connectivity index (χ2n) is 9.03. The molecule has 1 N–H and O–H groups in total. The molecule has 0 aromatic heterocycles. The molecule has 0 spiro atoms. The highest BCUT2D eigenvalue weighted by molar-refractivity contribution is 8.00. The smallest absolute Gasteiger partial charge is 0.339 e. The lowest BCUT2D eigenvalue weighted by Crippen LogP contribution is -2.49. The number of rotatable bonds is 7. The zero-order chi connectivity index (χ0) is 23.6. The first-order valence-corrected chi connectivity index (χ1v) is 13.0. The lowest BCUT2D eigenvalue weighted by molar-refractivity contribution is -0.146. The SMILES string of the molecule is C[C@@H]1CN(C(=O)COC(=O)c2ccccc2SCC(=O)NC2CCCCCCC2)C[C@H](C)O1. The Morgan fingerprint density at radius 3 is 2.36 bits per heavy atom. The Hall–Kier alpha value is -2.06. The molecule has 1 aromatic carbocycles. The van der Waals surface area contributed by atoms with Crippen LogP contribution in [0.5, 0.6) is 0 Å². The molecule has 2 fully saturated rings. The van der Waals surface area contributed by atoms with Gasteiger partial charge < -0.3 is 19.7 Å². The van der Waals surface area contributed by atoms with Crippen molar-refractivity contribution in [3.05, 3.63) is 29.8 Å². The minimum Gasteiger partial charge on any atom is -0.452 e. The average Bonchev–Trinajstić information content (AvgIpc) is 2.77. The summed E-state index contributed by atoms with van der Waals surface area (Å²) in [7, 11) is 0. The second kappa shape index (κ2) is 13.0. The first kappa shape index (κ1) is 25.6. The zero-order valence-corrected chi connectivity index (χ0v) is 20.5. The van der Waals surface area contributed by atoms with Crippen LogP contribution in [-0.2, 0) is 19.1 Å². The molecule has 2 amide bonds. The Labute approximate surface area is 200 Å². The standard InChI is InChI=1S/C25H36N2O5S/c1-18-14-27(15-19(2)32-18)24(29)16-31-25(30)21-12-8-9-13-22(21)33-17-23(28)26-20-10-6-4-3-5-7-11-20/h8-9,12-13,18-20H,3-7,10-11,14-17H2,1-2H3,(H,26,28)/t18-,19+. The van der Waals surface area contributed by atoms with E-state index in [1.54, 1.807) is 23.1 Å². The van der Waals surface area contributed by atoms with Crippen LogP contribution >= 0.6 is 11.8 Å². The third-order valence-electron chi connectivity index (χ3n) is 6.04. The van der Waals surface area contributed by atoms with Gasteiger partial charge in [-0.2, -0.15) is 0 Å². The summed E-state index contributed by atoms with van der Waals surface area (Å²) in [5.74, 6) is -0.557. The fourth-order valence-electron chi connectivity index (χ4n) is 4.45. The van der Waals surface area contributed by atoms with Crippen LogP contribution in [0.15, 0.2) is 29.2 Å². The number of benzene rings is 1. The van der Waals surface area contributed by atoms with Gasteiger partial charge in [-0.3, -0.25) is 9.59 Å². The van der Waals surface area contributed by atoms with Crippen LogP contribution in [0, 0.1) is 0 Å². The van der Waals surface area contributed by atoms with Gasteiger partial charge in [0.1, 0.15) is 0 Å². The van der Waals surface area contributed by atoms with Crippen LogP contribution in [0.1, 0.15) is 69.2 Å². The highest BCUT2D eigenvalue weighted by atomic mass is 32.2. The highest BCUT2D eigenvalue weighted by Gasteiger charge is 2.27. The number of ether oxygens (including phenoxy) is 2. The van der Waals surface area contributed by atoms with Crippen molar-refractivity contribution in [1.29, 1.82) is 0 Å². The van der Waals surface area contributed by atoms with Gasteiger partial charge in [-0.05, 0) is 38.8 Å². The Balaban J connectivity index is 1.49. The summed E-state index contributed by atoms with van der Waals surface area (Å²) in [4.78, 5) is 40.0. The molecule has 1 aliphatic carbocycles. The van der Waals surface area contributed by atoms with Gasteiger partial charge in [0.05, 0.1) is 23.5 Å². The number of esters is 1. The van der Waals surface area contributed by atoms with E-state index in [0.717, 1.165) is 25.7 Å². The van der Waals surface area contributed by atoms with Gasteiger partial charge in [-0.15, -0.1) is 11.8 Å². The van der Waals surface area contributed by atoms with Crippen LogP contribution < -0.4 is 5.32 Å². The van der Waals surface area contributed by atoms with Crippen LogP contribution in [-0.4, -0.2) is 66.4 Å². The van der Waals surface area contributed by atoms with Gasteiger partial charge in [0.2, 0.25) is 5.91 Å². The monoisotopic (exact) mass is 476 g/mol. The molecule has 7 nitrogen and oxygen atoms in total. The molecule has 0 bridgehead atoms. The van der Waals surface area contributed by atoms with Crippen LogP contribution in [0.4, 0.5) is 0 Å². The largest absolute Gasteiger partial charge is 0.452 e. The Kier molecular flexibility index (Phi) is 10.1. The number of morpholine rings is 1. The van der Waals surface area contributed by atoms with Crippen LogP contribution in [0.2, 0.25) is 0 Å². The van der Waals surface area contributed by atoms with Gasteiger partial charge in [-0.1, -0.05) is 44.2 Å². The van der Waals surface area contributed by atoms with Crippen molar-refractivity contribution >= 4 is 29.5 Å². The molecule has 3 rings (SSSR count). The van der Waals surface area contributed by atoms with Crippen molar-refractivity contribution in [2.45, 2.75) is 81.9 Å². The van der Waals surface area contributed by atoms with Crippen molar-refractivity contribution in [2.24, 2.45) is 0 Å². The van der Waals surface area contributed by atoms with E-state index in [1.165, 1.54) is 31.0 Å². The zero-order valence-electron chi connectivity index (χ0n) is 19.7. The number of hydrogen-bond donors (Lipinski definition) is 1. The fourth-order valence-corrected chi connectivity index (χ4v) is 5.30. The van der Waals surface area contributed by atoms with E-state index in [4.69, 9.17) is 9.47 Å². The minimum absolute atomic E-state index is 0.0144. The molecular formula is C25H36N2O5S. The summed E-state index contributed by atoms with van der Waals surface area (Å²) < 4.78 is 11.0. The molecule has 2 aliphatic rings. The molecule has 0 radical (unpaired) electrons. The number of amides is 2. The molecule has 33 heavy (non-hydrogen) atoms. The van der Waals surface area contributed by atoms with E-state index in [-0.39, 0.29) is 42.4 Å². The summed E-state index contributed by atoms with van der Waals surface area (Å²) in [6, 6.07) is 7.30. The summed E-state index contributed by atoms with van der Waals surface area (Å²) >= 11 is 1.32. The van der Waals surface area contributed by atoms with Gasteiger partial charge in [-0.25, -0.2) is 4.79 Å². The molecule has 8 heteroatoms. The van der Waals surface area contributed by atoms with E-state index in [2.05, 4.69) is 5.32 Å². The Morgan fingerprint density at radius 2 is 1.67 bits per heavy atom. The lowest BCUT2D eigenvalue weighted by atomic mass is 9.97. The maximum atomic E-state index is 12.7. The third kappa shape index (κ3) is 8.34. The molecule has 1 saturated carbocycles. The fraction of sp³-hybridized carbons (Fsp3) is 0.640. The van der Waals surface area contributed by atoms with Crippen LogP contribution in [0.25, 0.3) is 0 Å². The molecule has 1 heterocycles. The number of carbonyl (C=O) groups excluding carboxylic acids is 3. The van der Waals surface area contributed by atoms with Gasteiger partial charge in [0.15, 0.2) is 6.61 Å². The summed E-state index contributed by atoms with van der Waals surface area (Å²) in [5.41, 5.74) is 0.373. The molecule has 0 unspecified atom stereocenters. The summed E-state index contributed by atoms with van der Waals surface area (Å²) in [6.07, 6.45) is 8.08. The topological polar surface area (TPSA) is 84.9 Å². The van der Waals surface area contributed by atoms with Crippen molar-refractivity contribution in [3.8, 4) is 0 Å². The maximum Gasteiger partial charge on any atom is 0.339 e. The third-order valence-corrected chi connectivity index (χ3v) is 7.11. The van der Waals surface area contributed by atoms with E-state index in [9.17, 15) is 14.4 Å². The number of nitrogens with one attached hydrogen (secondary N) is 1. The quantitative estimate of drug-likeness (QED) is 0.476. The molecular weight excluding hydrogens is 440 g/mol. The Bertz CT molecular complexity index is 800. The first-order valence-electron chi connectivity index (χ1n) is 12.0.